The van der Waals surface area contributed by atoms with Gasteiger partial charge in [-0.1, -0.05) is 76.6 Å². The normalized spacial score (nSPS) is 12.2. The SMILES string of the molecule is CCCCCCc1cc2cc3ccc4c5cc6oc(CCCCCC)cc6cc5ccc4c3cc2o1. The van der Waals surface area contributed by atoms with Gasteiger partial charge in [0.25, 0.3) is 0 Å². The molecule has 0 N–H and O–H groups in total. The van der Waals surface area contributed by atoms with Crippen LogP contribution in [0.1, 0.15) is 76.7 Å². The molecule has 0 unspecified atom stereocenters. The fourth-order valence-electron chi connectivity index (χ4n) is 5.76. The molecule has 0 atom stereocenters. The molecule has 2 nitrogen and oxygen atoms in total. The molecule has 184 valence electrons. The molecule has 0 aliphatic rings. The summed E-state index contributed by atoms with van der Waals surface area (Å²) in [6.45, 7) is 4.51. The van der Waals surface area contributed by atoms with Gasteiger partial charge in [0.15, 0.2) is 0 Å². The predicted octanol–water partition coefficient (Wildman–Crippen LogP) is 10.9. The summed E-state index contributed by atoms with van der Waals surface area (Å²) in [5, 5.41) is 9.99. The van der Waals surface area contributed by atoms with E-state index >= 15 is 0 Å². The zero-order chi connectivity index (χ0) is 24.5. The molecule has 2 heterocycles. The Hall–Kier alpha value is -3.26. The lowest BCUT2D eigenvalue weighted by Gasteiger charge is -2.08. The third-order valence-corrected chi connectivity index (χ3v) is 7.76. The third kappa shape index (κ3) is 4.39. The number of unbranched alkanes of at least 4 members (excludes halogenated alkanes) is 6. The lowest BCUT2D eigenvalue weighted by molar-refractivity contribution is 0.527. The molecule has 0 fully saturated rings. The second kappa shape index (κ2) is 10.0. The first kappa shape index (κ1) is 23.2. The number of aryl methyl sites for hydroxylation is 2. The molecule has 36 heavy (non-hydrogen) atoms. The maximum absolute atomic E-state index is 6.29. The van der Waals surface area contributed by atoms with E-state index in [9.17, 15) is 0 Å². The topological polar surface area (TPSA) is 26.3 Å². The third-order valence-electron chi connectivity index (χ3n) is 7.76. The maximum atomic E-state index is 6.29. The number of benzene rings is 4. The Morgan fingerprint density at radius 1 is 0.444 bits per heavy atom. The molecule has 2 heteroatoms. The second-order valence-electron chi connectivity index (χ2n) is 10.5. The monoisotopic (exact) mass is 476 g/mol. The molecule has 0 aliphatic carbocycles. The Balaban J connectivity index is 1.38. The van der Waals surface area contributed by atoms with E-state index in [1.54, 1.807) is 0 Å². The summed E-state index contributed by atoms with van der Waals surface area (Å²) in [6.07, 6.45) is 12.1. The first-order valence-electron chi connectivity index (χ1n) is 14.0. The molecule has 2 aromatic heterocycles. The van der Waals surface area contributed by atoms with Crippen molar-refractivity contribution in [3.05, 3.63) is 72.2 Å². The van der Waals surface area contributed by atoms with Crippen molar-refractivity contribution in [3.63, 3.8) is 0 Å². The molecular weight excluding hydrogens is 440 g/mol. The van der Waals surface area contributed by atoms with Gasteiger partial charge in [-0.15, -0.1) is 0 Å². The van der Waals surface area contributed by atoms with Gasteiger partial charge in [0.05, 0.1) is 0 Å². The number of rotatable bonds is 10. The Morgan fingerprint density at radius 3 is 1.36 bits per heavy atom. The first-order valence-corrected chi connectivity index (χ1v) is 14.0. The first-order chi connectivity index (χ1) is 17.7. The van der Waals surface area contributed by atoms with Crippen molar-refractivity contribution in [2.75, 3.05) is 0 Å². The van der Waals surface area contributed by atoms with Crippen molar-refractivity contribution >= 4 is 54.3 Å². The van der Waals surface area contributed by atoms with E-state index in [1.165, 1.54) is 94.5 Å². The summed E-state index contributed by atoms with van der Waals surface area (Å²) in [7, 11) is 0. The maximum Gasteiger partial charge on any atom is 0.134 e. The number of hydrogen-bond acceptors (Lipinski definition) is 2. The Kier molecular flexibility index (Phi) is 6.44. The van der Waals surface area contributed by atoms with Crippen molar-refractivity contribution < 1.29 is 8.83 Å². The van der Waals surface area contributed by atoms with Crippen molar-refractivity contribution in [3.8, 4) is 0 Å². The molecule has 0 radical (unpaired) electrons. The van der Waals surface area contributed by atoms with E-state index < -0.39 is 0 Å². The van der Waals surface area contributed by atoms with Gasteiger partial charge in [-0.3, -0.25) is 0 Å². The Morgan fingerprint density at radius 2 is 0.917 bits per heavy atom. The molecule has 4 aromatic carbocycles. The van der Waals surface area contributed by atoms with Crippen molar-refractivity contribution in [2.24, 2.45) is 0 Å². The molecule has 0 spiro atoms. The van der Waals surface area contributed by atoms with Gasteiger partial charge in [-0.05, 0) is 81.6 Å². The van der Waals surface area contributed by atoms with Gasteiger partial charge in [-0.2, -0.15) is 0 Å². The molecule has 0 amide bonds. The highest BCUT2D eigenvalue weighted by molar-refractivity contribution is 6.20. The number of fused-ring (bicyclic) bond motifs is 7. The highest BCUT2D eigenvalue weighted by Gasteiger charge is 2.12. The van der Waals surface area contributed by atoms with Crippen LogP contribution in [0.5, 0.6) is 0 Å². The van der Waals surface area contributed by atoms with Gasteiger partial charge in [0.1, 0.15) is 22.7 Å². The Labute approximate surface area is 213 Å². The highest BCUT2D eigenvalue weighted by atomic mass is 16.3. The minimum absolute atomic E-state index is 0.995. The molecule has 6 rings (SSSR count). The van der Waals surface area contributed by atoms with Gasteiger partial charge in [0, 0.05) is 23.6 Å². The van der Waals surface area contributed by atoms with Gasteiger partial charge in [-0.25, -0.2) is 0 Å². The average molecular weight is 477 g/mol. The molecule has 0 saturated heterocycles. The smallest absolute Gasteiger partial charge is 0.134 e. The van der Waals surface area contributed by atoms with Crippen LogP contribution >= 0.6 is 0 Å². The van der Waals surface area contributed by atoms with Gasteiger partial charge >= 0.3 is 0 Å². The van der Waals surface area contributed by atoms with Crippen molar-refractivity contribution in [1.82, 2.24) is 0 Å². The lowest BCUT2D eigenvalue weighted by atomic mass is 9.96. The number of furan rings is 2. The molecule has 0 aliphatic heterocycles. The quantitative estimate of drug-likeness (QED) is 0.145. The fourth-order valence-corrected chi connectivity index (χ4v) is 5.76. The summed E-state index contributed by atoms with van der Waals surface area (Å²) >= 11 is 0. The summed E-state index contributed by atoms with van der Waals surface area (Å²) in [4.78, 5) is 0. The van der Waals surface area contributed by atoms with Crippen LogP contribution in [0, 0.1) is 0 Å². The minimum atomic E-state index is 0.995. The van der Waals surface area contributed by atoms with Gasteiger partial charge in [0.2, 0.25) is 0 Å². The predicted molar refractivity (Wildman–Crippen MR) is 154 cm³/mol. The van der Waals surface area contributed by atoms with Crippen LogP contribution in [-0.2, 0) is 12.8 Å². The van der Waals surface area contributed by atoms with E-state index in [4.69, 9.17) is 8.83 Å². The molecule has 6 aromatic rings. The highest BCUT2D eigenvalue weighted by Crippen LogP contribution is 2.36. The van der Waals surface area contributed by atoms with E-state index in [-0.39, 0.29) is 0 Å². The zero-order valence-electron chi connectivity index (χ0n) is 21.7. The van der Waals surface area contributed by atoms with E-state index in [0.29, 0.717) is 0 Å². The van der Waals surface area contributed by atoms with Crippen molar-refractivity contribution in [1.29, 1.82) is 0 Å². The average Bonchev–Trinajstić information content (AvgIpc) is 3.48. The molecule has 0 saturated carbocycles. The van der Waals surface area contributed by atoms with E-state index in [2.05, 4.69) is 74.5 Å². The van der Waals surface area contributed by atoms with Crippen molar-refractivity contribution in [2.45, 2.75) is 78.1 Å². The molecular formula is C34H36O2. The van der Waals surface area contributed by atoms with Crippen LogP contribution in [-0.4, -0.2) is 0 Å². The van der Waals surface area contributed by atoms with Gasteiger partial charge < -0.3 is 8.83 Å². The Bertz CT molecular complexity index is 1540. The van der Waals surface area contributed by atoms with Crippen LogP contribution in [0.15, 0.2) is 69.5 Å². The molecule has 0 bridgehead atoms. The second-order valence-corrected chi connectivity index (χ2v) is 10.5. The number of hydrogen-bond donors (Lipinski definition) is 0. The zero-order valence-corrected chi connectivity index (χ0v) is 21.7. The van der Waals surface area contributed by atoms with Crippen LogP contribution < -0.4 is 0 Å². The summed E-state index contributed by atoms with van der Waals surface area (Å²) in [5.74, 6) is 2.22. The fraction of sp³-hybridized carbons (Fsp3) is 0.353. The summed E-state index contributed by atoms with van der Waals surface area (Å²) in [5.41, 5.74) is 1.99. The minimum Gasteiger partial charge on any atom is -0.461 e. The van der Waals surface area contributed by atoms with E-state index in [0.717, 1.165) is 35.5 Å². The van der Waals surface area contributed by atoms with Crippen LogP contribution in [0.25, 0.3) is 54.3 Å². The van der Waals surface area contributed by atoms with Crippen LogP contribution in [0.2, 0.25) is 0 Å². The largest absolute Gasteiger partial charge is 0.461 e. The standard InChI is InChI=1S/C34H36O2/c1-3-5-7-9-11-27-19-25-17-23-13-15-30-29(31(23)21-33(25)35-27)16-14-24-18-26-20-28(12-10-8-6-4-2)36-34(26)22-32(24)30/h13-22H,3-12H2,1-2H3. The lowest BCUT2D eigenvalue weighted by Crippen LogP contribution is -1.81. The van der Waals surface area contributed by atoms with E-state index in [1.807, 2.05) is 0 Å². The van der Waals surface area contributed by atoms with Crippen LogP contribution in [0.4, 0.5) is 0 Å². The van der Waals surface area contributed by atoms with Crippen LogP contribution in [0.3, 0.4) is 0 Å². The summed E-state index contributed by atoms with van der Waals surface area (Å²) in [6, 6.07) is 22.6. The summed E-state index contributed by atoms with van der Waals surface area (Å²) < 4.78 is 12.6.